The maximum atomic E-state index is 4.74. The Bertz CT molecular complexity index is 937. The summed E-state index contributed by atoms with van der Waals surface area (Å²) >= 11 is 1.81. The van der Waals surface area contributed by atoms with Gasteiger partial charge < -0.3 is 4.57 Å². The Hall–Kier alpha value is -2.00. The third-order valence-corrected chi connectivity index (χ3v) is 7.29. The lowest BCUT2D eigenvalue weighted by Crippen LogP contribution is -2.36. The van der Waals surface area contributed by atoms with Crippen LogP contribution in [0.1, 0.15) is 49.7 Å². The molecule has 138 valence electrons. The minimum atomic E-state index is -0.124. The zero-order valence-electron chi connectivity index (χ0n) is 15.9. The van der Waals surface area contributed by atoms with Crippen LogP contribution in [0.5, 0.6) is 0 Å². The average Bonchev–Trinajstić information content (AvgIpc) is 3.31. The largest absolute Gasteiger partial charge is 0.317 e. The standard InChI is InChI=1S/C24H26N2S/c1-27-20-13-11-19(12-14-20)24(17-18-7-3-2-4-8-18)22-10-6-5-9-21(22)23-25-15-16-26(23)24/h5-6,9-16,18H,2-4,7-8,17H2,1H3. The summed E-state index contributed by atoms with van der Waals surface area (Å²) in [6.45, 7) is 0. The van der Waals surface area contributed by atoms with E-state index in [4.69, 9.17) is 4.98 Å². The van der Waals surface area contributed by atoms with Crippen LogP contribution < -0.4 is 0 Å². The van der Waals surface area contributed by atoms with Crippen LogP contribution in [0.2, 0.25) is 0 Å². The molecule has 2 nitrogen and oxygen atoms in total. The van der Waals surface area contributed by atoms with Crippen molar-refractivity contribution in [3.63, 3.8) is 0 Å². The molecule has 0 spiro atoms. The Kier molecular flexibility index (Phi) is 4.35. The number of hydrogen-bond acceptors (Lipinski definition) is 2. The summed E-state index contributed by atoms with van der Waals surface area (Å²) in [7, 11) is 0. The molecule has 1 saturated carbocycles. The average molecular weight is 375 g/mol. The first-order chi connectivity index (χ1) is 13.3. The molecule has 0 amide bonds. The minimum Gasteiger partial charge on any atom is -0.317 e. The van der Waals surface area contributed by atoms with Crippen molar-refractivity contribution in [2.45, 2.75) is 49.0 Å². The van der Waals surface area contributed by atoms with Gasteiger partial charge in [0.1, 0.15) is 5.82 Å². The van der Waals surface area contributed by atoms with Crippen LogP contribution in [-0.2, 0) is 5.54 Å². The van der Waals surface area contributed by atoms with Gasteiger partial charge in [-0.15, -0.1) is 11.8 Å². The summed E-state index contributed by atoms with van der Waals surface area (Å²) in [6, 6.07) is 18.2. The van der Waals surface area contributed by atoms with E-state index in [1.165, 1.54) is 60.1 Å². The fraction of sp³-hybridized carbons (Fsp3) is 0.375. The minimum absolute atomic E-state index is 0.124. The van der Waals surface area contributed by atoms with E-state index in [1.54, 1.807) is 0 Å². The molecule has 0 N–H and O–H groups in total. The van der Waals surface area contributed by atoms with Crippen molar-refractivity contribution in [3.05, 3.63) is 72.1 Å². The predicted molar refractivity (Wildman–Crippen MR) is 113 cm³/mol. The number of thioether (sulfide) groups is 1. The Morgan fingerprint density at radius 1 is 1.04 bits per heavy atom. The Morgan fingerprint density at radius 2 is 1.81 bits per heavy atom. The van der Waals surface area contributed by atoms with Crippen molar-refractivity contribution in [2.75, 3.05) is 6.26 Å². The Balaban J connectivity index is 1.71. The summed E-state index contributed by atoms with van der Waals surface area (Å²) in [6.07, 6.45) is 14.4. The van der Waals surface area contributed by atoms with Gasteiger partial charge in [0.25, 0.3) is 0 Å². The lowest BCUT2D eigenvalue weighted by Gasteiger charge is -2.38. The van der Waals surface area contributed by atoms with Gasteiger partial charge in [0.2, 0.25) is 0 Å². The molecule has 5 rings (SSSR count). The molecule has 27 heavy (non-hydrogen) atoms. The van der Waals surface area contributed by atoms with Crippen LogP contribution >= 0.6 is 11.8 Å². The molecular weight excluding hydrogens is 348 g/mol. The summed E-state index contributed by atoms with van der Waals surface area (Å²) < 4.78 is 2.46. The van der Waals surface area contributed by atoms with Crippen molar-refractivity contribution in [1.82, 2.24) is 9.55 Å². The first kappa shape index (κ1) is 17.1. The van der Waals surface area contributed by atoms with Gasteiger partial charge in [-0.25, -0.2) is 4.98 Å². The molecule has 1 aliphatic carbocycles. The van der Waals surface area contributed by atoms with E-state index in [2.05, 4.69) is 65.6 Å². The summed E-state index contributed by atoms with van der Waals surface area (Å²) in [5, 5.41) is 0. The maximum Gasteiger partial charge on any atom is 0.141 e. The number of nitrogens with zero attached hydrogens (tertiary/aromatic N) is 2. The van der Waals surface area contributed by atoms with Crippen LogP contribution in [0.4, 0.5) is 0 Å². The molecule has 2 heterocycles. The van der Waals surface area contributed by atoms with E-state index in [0.29, 0.717) is 0 Å². The SMILES string of the molecule is CSc1ccc(C2(CC3CCCCC3)c3ccccc3-c3nccn32)cc1. The summed E-state index contributed by atoms with van der Waals surface area (Å²) in [5.41, 5.74) is 4.00. The molecule has 1 unspecified atom stereocenters. The van der Waals surface area contributed by atoms with Crippen molar-refractivity contribution in [2.24, 2.45) is 5.92 Å². The van der Waals surface area contributed by atoms with Crippen molar-refractivity contribution in [3.8, 4) is 11.4 Å². The summed E-state index contributed by atoms with van der Waals surface area (Å²) in [4.78, 5) is 6.07. The molecule has 2 aromatic carbocycles. The number of benzene rings is 2. The van der Waals surface area contributed by atoms with Crippen LogP contribution in [0.15, 0.2) is 65.8 Å². The molecule has 2 aliphatic rings. The van der Waals surface area contributed by atoms with Crippen molar-refractivity contribution < 1.29 is 0 Å². The first-order valence-corrected chi connectivity index (χ1v) is 11.3. The van der Waals surface area contributed by atoms with Crippen LogP contribution in [0.3, 0.4) is 0 Å². The molecule has 1 fully saturated rings. The second-order valence-corrected chi connectivity index (χ2v) is 8.84. The van der Waals surface area contributed by atoms with Gasteiger partial charge in [-0.2, -0.15) is 0 Å². The highest BCUT2D eigenvalue weighted by Crippen LogP contribution is 2.51. The molecule has 0 bridgehead atoms. The number of aromatic nitrogens is 2. The lowest BCUT2D eigenvalue weighted by atomic mass is 9.73. The second-order valence-electron chi connectivity index (χ2n) is 7.96. The molecule has 3 heteroatoms. The van der Waals surface area contributed by atoms with Gasteiger partial charge in [-0.05, 0) is 41.9 Å². The molecule has 1 aromatic heterocycles. The zero-order chi connectivity index (χ0) is 18.3. The van der Waals surface area contributed by atoms with E-state index in [-0.39, 0.29) is 5.54 Å². The monoisotopic (exact) mass is 374 g/mol. The number of rotatable bonds is 4. The van der Waals surface area contributed by atoms with Gasteiger partial charge in [0.15, 0.2) is 0 Å². The van der Waals surface area contributed by atoms with E-state index >= 15 is 0 Å². The number of fused-ring (bicyclic) bond motifs is 3. The molecule has 3 aromatic rings. The molecule has 1 atom stereocenters. The zero-order valence-corrected chi connectivity index (χ0v) is 16.7. The third kappa shape index (κ3) is 2.67. The van der Waals surface area contributed by atoms with Gasteiger partial charge in [0.05, 0.1) is 5.54 Å². The van der Waals surface area contributed by atoms with E-state index in [9.17, 15) is 0 Å². The molecule has 0 saturated heterocycles. The Labute approximate surface area is 166 Å². The van der Waals surface area contributed by atoms with Gasteiger partial charge in [-0.3, -0.25) is 0 Å². The maximum absolute atomic E-state index is 4.74. The highest BCUT2D eigenvalue weighted by molar-refractivity contribution is 7.98. The fourth-order valence-electron chi connectivity index (χ4n) is 5.28. The third-order valence-electron chi connectivity index (χ3n) is 6.54. The Morgan fingerprint density at radius 3 is 2.59 bits per heavy atom. The smallest absolute Gasteiger partial charge is 0.141 e. The van der Waals surface area contributed by atoms with Crippen LogP contribution in [0, 0.1) is 5.92 Å². The fourth-order valence-corrected chi connectivity index (χ4v) is 5.68. The van der Waals surface area contributed by atoms with Gasteiger partial charge in [0, 0.05) is 22.9 Å². The van der Waals surface area contributed by atoms with Crippen molar-refractivity contribution in [1.29, 1.82) is 0 Å². The normalized spacial score (nSPS) is 21.8. The van der Waals surface area contributed by atoms with Crippen LogP contribution in [0.25, 0.3) is 11.4 Å². The quantitative estimate of drug-likeness (QED) is 0.495. The van der Waals surface area contributed by atoms with Gasteiger partial charge in [-0.1, -0.05) is 68.5 Å². The second kappa shape index (κ2) is 6.87. The van der Waals surface area contributed by atoms with E-state index in [1.807, 2.05) is 18.0 Å². The summed E-state index contributed by atoms with van der Waals surface area (Å²) in [5.74, 6) is 1.90. The predicted octanol–water partition coefficient (Wildman–Crippen LogP) is 6.35. The molecule has 0 radical (unpaired) electrons. The highest BCUT2D eigenvalue weighted by Gasteiger charge is 2.46. The van der Waals surface area contributed by atoms with Crippen molar-refractivity contribution >= 4 is 11.8 Å². The van der Waals surface area contributed by atoms with Crippen LogP contribution in [-0.4, -0.2) is 15.8 Å². The highest BCUT2D eigenvalue weighted by atomic mass is 32.2. The topological polar surface area (TPSA) is 17.8 Å². The lowest BCUT2D eigenvalue weighted by molar-refractivity contribution is 0.264. The van der Waals surface area contributed by atoms with E-state index in [0.717, 1.165) is 11.7 Å². The number of imidazole rings is 1. The molecular formula is C24H26N2S. The molecule has 1 aliphatic heterocycles. The first-order valence-electron chi connectivity index (χ1n) is 10.1. The van der Waals surface area contributed by atoms with Gasteiger partial charge >= 0.3 is 0 Å². The van der Waals surface area contributed by atoms with E-state index < -0.39 is 0 Å². The number of hydrogen-bond donors (Lipinski definition) is 0.